The van der Waals surface area contributed by atoms with Crippen molar-refractivity contribution in [2.75, 3.05) is 0 Å². The summed E-state index contributed by atoms with van der Waals surface area (Å²) in [4.78, 5) is 11.0. The van der Waals surface area contributed by atoms with Gasteiger partial charge in [0.15, 0.2) is 0 Å². The summed E-state index contributed by atoms with van der Waals surface area (Å²) in [6.45, 7) is 3.39. The minimum atomic E-state index is -0.432. The van der Waals surface area contributed by atoms with E-state index in [1.807, 2.05) is 0 Å². The maximum Gasteiger partial charge on any atom is 0.239 e. The molecule has 0 radical (unpaired) electrons. The molecule has 0 aromatic heterocycles. The molecule has 5 heteroatoms. The molecule has 1 rings (SSSR count). The van der Waals surface area contributed by atoms with Gasteiger partial charge in [0, 0.05) is 17.0 Å². The van der Waals surface area contributed by atoms with Crippen molar-refractivity contribution in [1.82, 2.24) is 5.43 Å². The first-order valence-electron chi connectivity index (χ1n) is 4.82. The predicted molar refractivity (Wildman–Crippen MR) is 62.1 cm³/mol. The fraction of sp³-hybridized carbons (Fsp3) is 0.273. The number of nitrogens with zero attached hydrogens (tertiary/aromatic N) is 1. The lowest BCUT2D eigenvalue weighted by molar-refractivity contribution is -0.120. The van der Waals surface area contributed by atoms with Gasteiger partial charge in [-0.05, 0) is 25.1 Å². The number of hydrazone groups is 1. The van der Waals surface area contributed by atoms with Crippen LogP contribution in [0, 0.1) is 5.82 Å². The topological polar surface area (TPSA) is 41.5 Å². The van der Waals surface area contributed by atoms with E-state index >= 15 is 0 Å². The monoisotopic (exact) mass is 242 g/mol. The van der Waals surface area contributed by atoms with Gasteiger partial charge in [-0.2, -0.15) is 5.10 Å². The number of benzene rings is 1. The Morgan fingerprint density at radius 3 is 2.75 bits per heavy atom. The first kappa shape index (κ1) is 12.6. The normalized spacial score (nSPS) is 11.4. The van der Waals surface area contributed by atoms with E-state index < -0.39 is 5.82 Å². The number of nitrogens with one attached hydrogen (secondary N) is 1. The smallest absolute Gasteiger partial charge is 0.239 e. The Labute approximate surface area is 98.3 Å². The molecule has 0 fully saturated rings. The van der Waals surface area contributed by atoms with Crippen molar-refractivity contribution in [1.29, 1.82) is 0 Å². The van der Waals surface area contributed by atoms with Crippen LogP contribution in [0.3, 0.4) is 0 Å². The van der Waals surface area contributed by atoms with Crippen molar-refractivity contribution < 1.29 is 9.18 Å². The number of hydrogen-bond acceptors (Lipinski definition) is 2. The minimum Gasteiger partial charge on any atom is -0.273 e. The molecule has 0 atom stereocenters. The zero-order valence-electron chi connectivity index (χ0n) is 9.05. The lowest BCUT2D eigenvalue weighted by Crippen LogP contribution is -2.17. The maximum atomic E-state index is 13.0. The van der Waals surface area contributed by atoms with E-state index in [1.165, 1.54) is 12.1 Å². The number of carbonyl (C=O) groups is 1. The second kappa shape index (κ2) is 5.61. The molecular weight excluding hydrogens is 231 g/mol. The van der Waals surface area contributed by atoms with Gasteiger partial charge < -0.3 is 0 Å². The maximum absolute atomic E-state index is 13.0. The highest BCUT2D eigenvalue weighted by molar-refractivity contribution is 6.31. The molecule has 0 aliphatic carbocycles. The summed E-state index contributed by atoms with van der Waals surface area (Å²) in [5.41, 5.74) is 3.40. The van der Waals surface area contributed by atoms with Gasteiger partial charge in [-0.3, -0.25) is 4.79 Å². The van der Waals surface area contributed by atoms with Gasteiger partial charge in [0.1, 0.15) is 5.82 Å². The Bertz CT molecular complexity index is 412. The van der Waals surface area contributed by atoms with E-state index in [0.717, 1.165) is 0 Å². The molecule has 86 valence electrons. The molecule has 3 nitrogen and oxygen atoms in total. The Kier molecular flexibility index (Phi) is 4.43. The Hall–Kier alpha value is -1.42. The van der Waals surface area contributed by atoms with Crippen molar-refractivity contribution in [3.8, 4) is 0 Å². The minimum absolute atomic E-state index is 0.193. The standard InChI is InChI=1S/C11H12ClFN2O/c1-3-11(16)15-14-7(2)8-4-9(12)6-10(13)5-8/h4-6H,3H2,1-2H3,(H,15,16)/b14-7+. The highest BCUT2D eigenvalue weighted by Gasteiger charge is 2.03. The van der Waals surface area contributed by atoms with Crippen LogP contribution in [0.1, 0.15) is 25.8 Å². The third-order valence-electron chi connectivity index (χ3n) is 1.95. The van der Waals surface area contributed by atoms with E-state index in [0.29, 0.717) is 22.7 Å². The molecule has 0 saturated carbocycles. The van der Waals surface area contributed by atoms with Gasteiger partial charge in [0.2, 0.25) is 5.91 Å². The van der Waals surface area contributed by atoms with Crippen LogP contribution in [-0.2, 0) is 4.79 Å². The van der Waals surface area contributed by atoms with Gasteiger partial charge in [-0.25, -0.2) is 9.82 Å². The quantitative estimate of drug-likeness (QED) is 0.643. The largest absolute Gasteiger partial charge is 0.273 e. The lowest BCUT2D eigenvalue weighted by Gasteiger charge is -2.02. The van der Waals surface area contributed by atoms with Crippen molar-refractivity contribution in [2.24, 2.45) is 5.10 Å². The summed E-state index contributed by atoms with van der Waals surface area (Å²) in [7, 11) is 0. The molecule has 0 saturated heterocycles. The van der Waals surface area contributed by atoms with E-state index in [2.05, 4.69) is 10.5 Å². The van der Waals surface area contributed by atoms with Gasteiger partial charge in [0.05, 0.1) is 5.71 Å². The highest BCUT2D eigenvalue weighted by Crippen LogP contribution is 2.14. The van der Waals surface area contributed by atoms with Crippen molar-refractivity contribution >= 4 is 23.2 Å². The zero-order chi connectivity index (χ0) is 12.1. The Morgan fingerprint density at radius 1 is 1.50 bits per heavy atom. The summed E-state index contributed by atoms with van der Waals surface area (Å²) in [6.07, 6.45) is 0.348. The SMILES string of the molecule is CCC(=O)N/N=C(\C)c1cc(F)cc(Cl)c1. The molecule has 16 heavy (non-hydrogen) atoms. The highest BCUT2D eigenvalue weighted by atomic mass is 35.5. The summed E-state index contributed by atoms with van der Waals surface area (Å²) in [5.74, 6) is -0.624. The average molecular weight is 243 g/mol. The molecular formula is C11H12ClFN2O. The van der Waals surface area contributed by atoms with Gasteiger partial charge in [0.25, 0.3) is 0 Å². The van der Waals surface area contributed by atoms with Gasteiger partial charge in [-0.1, -0.05) is 18.5 Å². The summed E-state index contributed by atoms with van der Waals surface area (Å²) in [5, 5.41) is 4.14. The fourth-order valence-electron chi connectivity index (χ4n) is 1.05. The molecule has 0 unspecified atom stereocenters. The van der Waals surface area contributed by atoms with Crippen molar-refractivity contribution in [3.63, 3.8) is 0 Å². The lowest BCUT2D eigenvalue weighted by atomic mass is 10.1. The third-order valence-corrected chi connectivity index (χ3v) is 2.17. The molecule has 0 aliphatic heterocycles. The molecule has 0 aliphatic rings. The summed E-state index contributed by atoms with van der Waals surface area (Å²) < 4.78 is 13.0. The summed E-state index contributed by atoms with van der Waals surface area (Å²) >= 11 is 5.70. The summed E-state index contributed by atoms with van der Waals surface area (Å²) in [6, 6.07) is 4.10. The van der Waals surface area contributed by atoms with Crippen LogP contribution in [0.4, 0.5) is 4.39 Å². The molecule has 1 amide bonds. The van der Waals surface area contributed by atoms with E-state index in [4.69, 9.17) is 11.6 Å². The predicted octanol–water partition coefficient (Wildman–Crippen LogP) is 2.73. The van der Waals surface area contributed by atoms with Crippen LogP contribution in [0.2, 0.25) is 5.02 Å². The number of rotatable bonds is 3. The van der Waals surface area contributed by atoms with Crippen molar-refractivity contribution in [3.05, 3.63) is 34.6 Å². The number of amides is 1. The number of halogens is 2. The van der Waals surface area contributed by atoms with E-state index in [-0.39, 0.29) is 5.91 Å². The first-order chi connectivity index (χ1) is 7.52. The molecule has 1 N–H and O–H groups in total. The Balaban J connectivity index is 2.87. The average Bonchev–Trinajstić information content (AvgIpc) is 2.23. The Morgan fingerprint density at radius 2 is 2.19 bits per heavy atom. The molecule has 1 aromatic rings. The number of hydrogen-bond donors (Lipinski definition) is 1. The second-order valence-corrected chi connectivity index (χ2v) is 3.68. The zero-order valence-corrected chi connectivity index (χ0v) is 9.81. The molecule has 1 aromatic carbocycles. The van der Waals surface area contributed by atoms with E-state index in [9.17, 15) is 9.18 Å². The van der Waals surface area contributed by atoms with Gasteiger partial charge >= 0.3 is 0 Å². The van der Waals surface area contributed by atoms with Crippen LogP contribution < -0.4 is 5.43 Å². The van der Waals surface area contributed by atoms with Gasteiger partial charge in [-0.15, -0.1) is 0 Å². The second-order valence-electron chi connectivity index (χ2n) is 3.24. The molecule has 0 spiro atoms. The molecule has 0 bridgehead atoms. The van der Waals surface area contributed by atoms with Crippen LogP contribution in [0.5, 0.6) is 0 Å². The van der Waals surface area contributed by atoms with Crippen LogP contribution in [0.15, 0.2) is 23.3 Å². The van der Waals surface area contributed by atoms with Crippen molar-refractivity contribution in [2.45, 2.75) is 20.3 Å². The van der Waals surface area contributed by atoms with E-state index in [1.54, 1.807) is 19.9 Å². The van der Waals surface area contributed by atoms with Crippen LogP contribution in [0.25, 0.3) is 0 Å². The number of carbonyl (C=O) groups excluding carboxylic acids is 1. The van der Waals surface area contributed by atoms with Crippen LogP contribution >= 0.6 is 11.6 Å². The third kappa shape index (κ3) is 3.62. The first-order valence-corrected chi connectivity index (χ1v) is 5.20. The molecule has 0 heterocycles. The fourth-order valence-corrected chi connectivity index (χ4v) is 1.27. The van der Waals surface area contributed by atoms with Crippen LogP contribution in [-0.4, -0.2) is 11.6 Å².